The predicted molar refractivity (Wildman–Crippen MR) is 154 cm³/mol. The number of nitrogens with zero attached hydrogens (tertiary/aromatic N) is 1. The molecule has 1 aromatic rings. The van der Waals surface area contributed by atoms with Crippen LogP contribution in [0.5, 0.6) is 0 Å². The molecule has 1 nitrogen and oxygen atoms in total. The SMILES string of the molecule is C=CC(c1ccccc1)[N+](CCCCCCCC)(CCCCCCCC)CCCCCCCC.[Cl-]. The summed E-state index contributed by atoms with van der Waals surface area (Å²) in [4.78, 5) is 0. The fraction of sp³-hybridized carbons (Fsp3) is 0.758. The van der Waals surface area contributed by atoms with Gasteiger partial charge in [-0.25, -0.2) is 0 Å². The highest BCUT2D eigenvalue weighted by Gasteiger charge is 2.35. The van der Waals surface area contributed by atoms with Crippen LogP contribution in [0.1, 0.15) is 148 Å². The minimum absolute atomic E-state index is 0. The maximum absolute atomic E-state index is 4.39. The van der Waals surface area contributed by atoms with Gasteiger partial charge in [0, 0.05) is 5.56 Å². The summed E-state index contributed by atoms with van der Waals surface area (Å²) in [5.74, 6) is 0. The van der Waals surface area contributed by atoms with E-state index in [0.717, 1.165) is 0 Å². The summed E-state index contributed by atoms with van der Waals surface area (Å²) in [5, 5.41) is 0. The van der Waals surface area contributed by atoms with Crippen molar-refractivity contribution in [1.29, 1.82) is 0 Å². The van der Waals surface area contributed by atoms with E-state index >= 15 is 0 Å². The summed E-state index contributed by atoms with van der Waals surface area (Å²) in [6.07, 6.45) is 27.2. The van der Waals surface area contributed by atoms with Crippen molar-refractivity contribution >= 4 is 0 Å². The lowest BCUT2D eigenvalue weighted by molar-refractivity contribution is -0.951. The molecule has 0 spiro atoms. The van der Waals surface area contributed by atoms with E-state index in [1.54, 1.807) is 0 Å². The monoisotopic (exact) mass is 505 g/mol. The first-order valence-electron chi connectivity index (χ1n) is 15.3. The van der Waals surface area contributed by atoms with Gasteiger partial charge in [-0.3, -0.25) is 0 Å². The largest absolute Gasteiger partial charge is 1.00 e. The molecular formula is C33H60ClN. The zero-order valence-corrected chi connectivity index (χ0v) is 24.7. The van der Waals surface area contributed by atoms with Crippen LogP contribution in [-0.2, 0) is 0 Å². The summed E-state index contributed by atoms with van der Waals surface area (Å²) < 4.78 is 1.24. The molecule has 0 bridgehead atoms. The Bertz CT molecular complexity index is 529. The van der Waals surface area contributed by atoms with E-state index in [-0.39, 0.29) is 12.4 Å². The number of unbranched alkanes of at least 4 members (excludes halogenated alkanes) is 15. The second-order valence-corrected chi connectivity index (χ2v) is 10.8. The van der Waals surface area contributed by atoms with Gasteiger partial charge in [-0.05, 0) is 44.6 Å². The Morgan fingerprint density at radius 2 is 0.914 bits per heavy atom. The zero-order valence-electron chi connectivity index (χ0n) is 23.9. The van der Waals surface area contributed by atoms with Crippen LogP contribution in [0.15, 0.2) is 43.0 Å². The van der Waals surface area contributed by atoms with Gasteiger partial charge in [-0.15, -0.1) is 0 Å². The number of hydrogen-bond donors (Lipinski definition) is 0. The maximum atomic E-state index is 4.39. The van der Waals surface area contributed by atoms with Crippen LogP contribution in [0.4, 0.5) is 0 Å². The molecule has 0 radical (unpaired) electrons. The molecular weight excluding hydrogens is 446 g/mol. The third-order valence-electron chi connectivity index (χ3n) is 7.83. The van der Waals surface area contributed by atoms with Gasteiger partial charge in [0.25, 0.3) is 0 Å². The van der Waals surface area contributed by atoms with Gasteiger partial charge in [0.2, 0.25) is 0 Å². The molecule has 0 aliphatic carbocycles. The molecule has 0 fully saturated rings. The molecule has 0 N–H and O–H groups in total. The van der Waals surface area contributed by atoms with Crippen molar-refractivity contribution in [1.82, 2.24) is 0 Å². The average Bonchev–Trinajstić information content (AvgIpc) is 2.86. The fourth-order valence-electron chi connectivity index (χ4n) is 5.70. The van der Waals surface area contributed by atoms with Crippen LogP contribution >= 0.6 is 0 Å². The van der Waals surface area contributed by atoms with Crippen molar-refractivity contribution in [2.45, 2.75) is 142 Å². The van der Waals surface area contributed by atoms with Crippen molar-refractivity contribution in [3.63, 3.8) is 0 Å². The van der Waals surface area contributed by atoms with E-state index in [4.69, 9.17) is 0 Å². The summed E-state index contributed by atoms with van der Waals surface area (Å²) in [6, 6.07) is 11.7. The van der Waals surface area contributed by atoms with Crippen LogP contribution in [0.2, 0.25) is 0 Å². The molecule has 35 heavy (non-hydrogen) atoms. The molecule has 0 aliphatic rings. The normalized spacial score (nSPS) is 12.3. The lowest BCUT2D eigenvalue weighted by Gasteiger charge is -2.45. The second-order valence-electron chi connectivity index (χ2n) is 10.8. The Morgan fingerprint density at radius 1 is 0.571 bits per heavy atom. The van der Waals surface area contributed by atoms with Gasteiger partial charge >= 0.3 is 0 Å². The quantitative estimate of drug-likeness (QED) is 0.0762. The van der Waals surface area contributed by atoms with E-state index in [2.05, 4.69) is 63.8 Å². The van der Waals surface area contributed by atoms with Gasteiger partial charge in [0.05, 0.1) is 19.6 Å². The minimum Gasteiger partial charge on any atom is -1.00 e. The second kappa shape index (κ2) is 23.6. The summed E-state index contributed by atoms with van der Waals surface area (Å²) >= 11 is 0. The third kappa shape index (κ3) is 15.1. The zero-order chi connectivity index (χ0) is 24.7. The van der Waals surface area contributed by atoms with Gasteiger partial charge in [-0.2, -0.15) is 0 Å². The Balaban J connectivity index is 0.0000116. The maximum Gasteiger partial charge on any atom is 0.133 e. The molecule has 0 aliphatic heterocycles. The lowest BCUT2D eigenvalue weighted by atomic mass is 9.98. The molecule has 1 unspecified atom stereocenters. The van der Waals surface area contributed by atoms with Crippen LogP contribution in [-0.4, -0.2) is 24.1 Å². The highest BCUT2D eigenvalue weighted by atomic mass is 35.5. The van der Waals surface area contributed by atoms with Gasteiger partial charge in [0.1, 0.15) is 6.04 Å². The minimum atomic E-state index is 0. The first kappa shape index (κ1) is 34.2. The van der Waals surface area contributed by atoms with E-state index < -0.39 is 0 Å². The van der Waals surface area contributed by atoms with Crippen molar-refractivity contribution in [3.05, 3.63) is 48.6 Å². The topological polar surface area (TPSA) is 0 Å². The molecule has 0 amide bonds. The number of rotatable bonds is 24. The van der Waals surface area contributed by atoms with E-state index in [0.29, 0.717) is 6.04 Å². The van der Waals surface area contributed by atoms with Gasteiger partial charge in [0.15, 0.2) is 0 Å². The van der Waals surface area contributed by atoms with Crippen molar-refractivity contribution < 1.29 is 16.9 Å². The van der Waals surface area contributed by atoms with Gasteiger partial charge in [-0.1, -0.05) is 135 Å². The van der Waals surface area contributed by atoms with Crippen LogP contribution in [0, 0.1) is 0 Å². The molecule has 1 aromatic carbocycles. The Kier molecular flexibility index (Phi) is 23.1. The summed E-state index contributed by atoms with van der Waals surface area (Å²) in [6.45, 7) is 15.3. The first-order chi connectivity index (χ1) is 16.7. The molecule has 1 atom stereocenters. The molecule has 0 heterocycles. The molecule has 204 valence electrons. The van der Waals surface area contributed by atoms with Crippen molar-refractivity contribution in [2.24, 2.45) is 0 Å². The molecule has 0 saturated heterocycles. The Labute approximate surface area is 227 Å². The molecule has 0 aromatic heterocycles. The van der Waals surface area contributed by atoms with E-state index in [1.807, 2.05) is 0 Å². The molecule has 2 heteroatoms. The smallest absolute Gasteiger partial charge is 0.133 e. The Morgan fingerprint density at radius 3 is 1.26 bits per heavy atom. The fourth-order valence-corrected chi connectivity index (χ4v) is 5.70. The average molecular weight is 506 g/mol. The van der Waals surface area contributed by atoms with E-state index in [9.17, 15) is 0 Å². The highest BCUT2D eigenvalue weighted by molar-refractivity contribution is 5.20. The Hall–Kier alpha value is -0.790. The van der Waals surface area contributed by atoms with Crippen LogP contribution < -0.4 is 12.4 Å². The number of halogens is 1. The van der Waals surface area contributed by atoms with Crippen LogP contribution in [0.25, 0.3) is 0 Å². The first-order valence-corrected chi connectivity index (χ1v) is 15.3. The molecule has 0 saturated carbocycles. The molecule has 1 rings (SSSR count). The number of hydrogen-bond acceptors (Lipinski definition) is 0. The standard InChI is InChI=1S/C33H60N.ClH/c1-5-9-12-15-18-24-29-34(30-25-19-16-13-10-6-2,31-26-20-17-14-11-7-3)33(8-4)32-27-22-21-23-28-32;/h8,21-23,27-28,33H,4-7,9-20,24-26,29-31H2,1-3H3;1H/q+1;/p-1. The highest BCUT2D eigenvalue weighted by Crippen LogP contribution is 2.33. The van der Waals surface area contributed by atoms with Gasteiger partial charge < -0.3 is 16.9 Å². The number of quaternary nitrogens is 1. The van der Waals surface area contributed by atoms with Crippen molar-refractivity contribution in [3.8, 4) is 0 Å². The summed E-state index contributed by atoms with van der Waals surface area (Å²) in [5.41, 5.74) is 1.47. The van der Waals surface area contributed by atoms with Crippen molar-refractivity contribution in [2.75, 3.05) is 19.6 Å². The number of benzene rings is 1. The van der Waals surface area contributed by atoms with E-state index in [1.165, 1.54) is 145 Å². The lowest BCUT2D eigenvalue weighted by Crippen LogP contribution is -3.00. The third-order valence-corrected chi connectivity index (χ3v) is 7.83. The van der Waals surface area contributed by atoms with Crippen LogP contribution in [0.3, 0.4) is 0 Å². The summed E-state index contributed by atoms with van der Waals surface area (Å²) in [7, 11) is 0. The predicted octanol–water partition coefficient (Wildman–Crippen LogP) is 7.82.